The quantitative estimate of drug-likeness (QED) is 0.738. The minimum absolute atomic E-state index is 0.0525. The Balaban J connectivity index is 1.56. The number of phenols is 1. The summed E-state index contributed by atoms with van der Waals surface area (Å²) in [6.07, 6.45) is 4.25. The number of fused-ring (bicyclic) bond motifs is 5. The van der Waals surface area contributed by atoms with E-state index < -0.39 is 12.1 Å². The van der Waals surface area contributed by atoms with Gasteiger partial charge in [-0.1, -0.05) is 19.9 Å². The van der Waals surface area contributed by atoms with Gasteiger partial charge in [0, 0.05) is 19.5 Å². The maximum Gasteiger partial charge on any atom is 0.417 e. The van der Waals surface area contributed by atoms with Crippen LogP contribution in [0.15, 0.2) is 18.2 Å². The fourth-order valence-electron chi connectivity index (χ4n) is 6.56. The van der Waals surface area contributed by atoms with E-state index in [0.717, 1.165) is 37.0 Å². The van der Waals surface area contributed by atoms with Crippen LogP contribution in [0.3, 0.4) is 0 Å². The average Bonchev–Trinajstić information content (AvgIpc) is 3.02. The van der Waals surface area contributed by atoms with Crippen LogP contribution in [0, 0.1) is 23.2 Å². The monoisotopic (exact) mass is 400 g/mol. The summed E-state index contributed by atoms with van der Waals surface area (Å²) in [7, 11) is 2.95. The molecule has 29 heavy (non-hydrogen) atoms. The normalized spacial score (nSPS) is 35.1. The highest BCUT2D eigenvalue weighted by Gasteiger charge is 2.57. The van der Waals surface area contributed by atoms with Crippen molar-refractivity contribution in [2.24, 2.45) is 23.2 Å². The molecule has 0 aromatic heterocycles. The molecule has 0 bridgehead atoms. The third-order valence-corrected chi connectivity index (χ3v) is 8.01. The Bertz CT molecular complexity index is 825. The fraction of sp³-hybridized carbons (Fsp3) is 0.652. The summed E-state index contributed by atoms with van der Waals surface area (Å²) in [5.74, 6) is 2.45. The summed E-state index contributed by atoms with van der Waals surface area (Å²) < 4.78 is 5.86. The summed E-state index contributed by atoms with van der Waals surface area (Å²) in [5.41, 5.74) is 2.63. The van der Waals surface area contributed by atoms with Gasteiger partial charge >= 0.3 is 12.1 Å². The lowest BCUT2D eigenvalue weighted by atomic mass is 9.53. The molecule has 0 saturated heterocycles. The number of benzene rings is 1. The number of carbonyl (C=O) groups excluding carboxylic acids is 2. The van der Waals surface area contributed by atoms with Gasteiger partial charge in [0.25, 0.3) is 0 Å². The molecule has 0 heterocycles. The summed E-state index contributed by atoms with van der Waals surface area (Å²) in [4.78, 5) is 25.2. The number of nitrogens with zero attached hydrogens (tertiary/aromatic N) is 1. The van der Waals surface area contributed by atoms with E-state index in [1.807, 2.05) is 12.1 Å². The van der Waals surface area contributed by atoms with Crippen LogP contribution in [0.25, 0.3) is 0 Å². The Kier molecular flexibility index (Phi) is 4.99. The smallest absolute Gasteiger partial charge is 0.417 e. The molecule has 6 unspecified atom stereocenters. The molecule has 6 nitrogen and oxygen atoms in total. The number of hydrogen-bond acceptors (Lipinski definition) is 4. The molecule has 4 rings (SSSR count). The molecule has 2 saturated carbocycles. The van der Waals surface area contributed by atoms with Crippen molar-refractivity contribution >= 4 is 12.1 Å². The van der Waals surface area contributed by atoms with E-state index in [2.05, 4.69) is 25.2 Å². The van der Waals surface area contributed by atoms with E-state index in [9.17, 15) is 14.7 Å². The van der Waals surface area contributed by atoms with Gasteiger partial charge in [-0.3, -0.25) is 0 Å². The lowest BCUT2D eigenvalue weighted by Crippen LogP contribution is -2.49. The largest absolute Gasteiger partial charge is 0.508 e. The maximum atomic E-state index is 12.5. The van der Waals surface area contributed by atoms with Gasteiger partial charge in [0.05, 0.1) is 0 Å². The Labute approximate surface area is 172 Å². The first-order valence-electron chi connectivity index (χ1n) is 10.7. The topological polar surface area (TPSA) is 78.9 Å². The molecule has 0 aliphatic heterocycles. The van der Waals surface area contributed by atoms with Crippen LogP contribution < -0.4 is 5.32 Å². The fourth-order valence-corrected chi connectivity index (χ4v) is 6.56. The second kappa shape index (κ2) is 7.22. The average molecular weight is 401 g/mol. The second-order valence-corrected chi connectivity index (χ2v) is 9.46. The van der Waals surface area contributed by atoms with E-state index in [1.165, 1.54) is 25.2 Å². The van der Waals surface area contributed by atoms with Gasteiger partial charge in [0.2, 0.25) is 0 Å². The Hall–Kier alpha value is -2.24. The van der Waals surface area contributed by atoms with Crippen molar-refractivity contribution in [3.8, 4) is 5.75 Å². The molecule has 0 spiro atoms. The van der Waals surface area contributed by atoms with Gasteiger partial charge in [-0.2, -0.15) is 0 Å². The lowest BCUT2D eigenvalue weighted by molar-refractivity contribution is -0.0468. The molecule has 6 atom stereocenters. The number of amides is 3. The number of nitrogens with one attached hydrogen (secondary N) is 1. The molecule has 3 aliphatic rings. The van der Waals surface area contributed by atoms with Gasteiger partial charge in [-0.25, -0.2) is 14.5 Å². The van der Waals surface area contributed by atoms with Crippen LogP contribution in [0.1, 0.15) is 56.6 Å². The van der Waals surface area contributed by atoms with Crippen molar-refractivity contribution < 1.29 is 19.4 Å². The van der Waals surface area contributed by atoms with Crippen molar-refractivity contribution in [3.63, 3.8) is 0 Å². The van der Waals surface area contributed by atoms with E-state index in [-0.39, 0.29) is 11.5 Å². The molecule has 3 aliphatic carbocycles. The van der Waals surface area contributed by atoms with Crippen molar-refractivity contribution in [1.82, 2.24) is 10.2 Å². The van der Waals surface area contributed by atoms with Crippen LogP contribution in [0.4, 0.5) is 9.59 Å². The predicted molar refractivity (Wildman–Crippen MR) is 110 cm³/mol. The standard InChI is InChI=1S/C23H32N2O4/c1-13-11-14-12-15(26)5-6-16(14)17-9-10-23(2)18(20(13)17)7-8-19(23)29-22(28)25(4)21(27)24-3/h5-6,12-13,17-20,26H,7-11H2,1-4H3,(H,24,27). The number of hydrogen-bond donors (Lipinski definition) is 2. The van der Waals surface area contributed by atoms with Crippen LogP contribution in [0.2, 0.25) is 0 Å². The number of aromatic hydroxyl groups is 1. The first-order chi connectivity index (χ1) is 13.8. The molecule has 2 fully saturated rings. The molecule has 2 N–H and O–H groups in total. The Morgan fingerprint density at radius 3 is 2.76 bits per heavy atom. The van der Waals surface area contributed by atoms with Crippen LogP contribution in [0.5, 0.6) is 5.75 Å². The SMILES string of the molecule is CNC(=O)N(C)C(=O)OC1CCC2C3C(C)Cc4cc(O)ccc4C3CCC12C. The molecule has 158 valence electrons. The van der Waals surface area contributed by atoms with Crippen molar-refractivity contribution in [1.29, 1.82) is 0 Å². The minimum atomic E-state index is -0.573. The van der Waals surface area contributed by atoms with Gasteiger partial charge in [-0.05, 0) is 79.0 Å². The first-order valence-corrected chi connectivity index (χ1v) is 10.7. The van der Waals surface area contributed by atoms with Gasteiger partial charge < -0.3 is 15.2 Å². The van der Waals surface area contributed by atoms with Crippen LogP contribution >= 0.6 is 0 Å². The maximum absolute atomic E-state index is 12.5. The molecule has 1 aromatic rings. The zero-order valence-corrected chi connectivity index (χ0v) is 17.8. The summed E-state index contributed by atoms with van der Waals surface area (Å²) >= 11 is 0. The molecular weight excluding hydrogens is 368 g/mol. The van der Waals surface area contributed by atoms with E-state index in [1.54, 1.807) is 0 Å². The van der Waals surface area contributed by atoms with Crippen molar-refractivity contribution in [2.75, 3.05) is 14.1 Å². The highest BCUT2D eigenvalue weighted by atomic mass is 16.6. The zero-order valence-electron chi connectivity index (χ0n) is 17.8. The van der Waals surface area contributed by atoms with Gasteiger partial charge in [-0.15, -0.1) is 0 Å². The first kappa shape index (κ1) is 20.0. The Morgan fingerprint density at radius 2 is 2.03 bits per heavy atom. The van der Waals surface area contributed by atoms with Crippen molar-refractivity contribution in [3.05, 3.63) is 29.3 Å². The van der Waals surface area contributed by atoms with Crippen LogP contribution in [-0.2, 0) is 11.2 Å². The number of urea groups is 1. The zero-order chi connectivity index (χ0) is 20.9. The highest BCUT2D eigenvalue weighted by Crippen LogP contribution is 2.62. The van der Waals surface area contributed by atoms with E-state index in [4.69, 9.17) is 4.74 Å². The van der Waals surface area contributed by atoms with Gasteiger partial charge in [0.1, 0.15) is 11.9 Å². The predicted octanol–water partition coefficient (Wildman–Crippen LogP) is 4.27. The Morgan fingerprint density at radius 1 is 1.28 bits per heavy atom. The number of imide groups is 1. The molecule has 1 aromatic carbocycles. The molecule has 6 heteroatoms. The molecule has 0 radical (unpaired) electrons. The number of ether oxygens (including phenoxy) is 1. The summed E-state index contributed by atoms with van der Waals surface area (Å²) in [6.45, 7) is 4.60. The molecule has 3 amide bonds. The van der Waals surface area contributed by atoms with Crippen LogP contribution in [-0.4, -0.2) is 42.3 Å². The highest BCUT2D eigenvalue weighted by molar-refractivity contribution is 5.90. The number of phenolic OH excluding ortho intramolecular Hbond substituents is 1. The van der Waals surface area contributed by atoms with Gasteiger partial charge in [0.15, 0.2) is 0 Å². The molecular formula is C23H32N2O4. The third kappa shape index (κ3) is 3.17. The summed E-state index contributed by atoms with van der Waals surface area (Å²) in [6, 6.07) is 5.40. The lowest BCUT2D eigenvalue weighted by Gasteiger charge is -2.52. The minimum Gasteiger partial charge on any atom is -0.508 e. The summed E-state index contributed by atoms with van der Waals surface area (Å²) in [5, 5.41) is 12.4. The van der Waals surface area contributed by atoms with Crippen molar-refractivity contribution in [2.45, 2.75) is 58.0 Å². The number of carbonyl (C=O) groups is 2. The van der Waals surface area contributed by atoms with E-state index >= 15 is 0 Å². The second-order valence-electron chi connectivity index (χ2n) is 9.46. The third-order valence-electron chi connectivity index (χ3n) is 8.01. The van der Waals surface area contributed by atoms with E-state index in [0.29, 0.717) is 29.4 Å². The number of rotatable bonds is 1.